The summed E-state index contributed by atoms with van der Waals surface area (Å²) in [5.74, 6) is -0.499. The molecule has 0 heterocycles. The van der Waals surface area contributed by atoms with Crippen molar-refractivity contribution >= 4 is 11.4 Å². The summed E-state index contributed by atoms with van der Waals surface area (Å²) in [5.41, 5.74) is 2.71. The highest BCUT2D eigenvalue weighted by Gasteiger charge is 2.21. The Morgan fingerprint density at radius 1 is 1.05 bits per heavy atom. The molecular formula is C17H18F2N2. The molecule has 1 aliphatic carbocycles. The Balaban J connectivity index is 1.86. The number of hydrogen-bond donors (Lipinski definition) is 1. The van der Waals surface area contributed by atoms with Gasteiger partial charge in [-0.1, -0.05) is 0 Å². The Hall–Kier alpha value is -1.94. The third kappa shape index (κ3) is 3.39. The van der Waals surface area contributed by atoms with Gasteiger partial charge in [-0.3, -0.25) is 0 Å². The summed E-state index contributed by atoms with van der Waals surface area (Å²) < 4.78 is 26.5. The average molecular weight is 288 g/mol. The fourth-order valence-corrected chi connectivity index (χ4v) is 2.37. The van der Waals surface area contributed by atoms with Crippen molar-refractivity contribution in [2.24, 2.45) is 0 Å². The van der Waals surface area contributed by atoms with Crippen LogP contribution in [0.15, 0.2) is 42.5 Å². The zero-order chi connectivity index (χ0) is 14.8. The SMILES string of the molecule is CN(c1ccc(F)cc1)c1ccc(F)cc1CNC1CC1. The highest BCUT2D eigenvalue weighted by Crippen LogP contribution is 2.29. The van der Waals surface area contributed by atoms with Crippen LogP contribution in [0, 0.1) is 11.6 Å². The van der Waals surface area contributed by atoms with Gasteiger partial charge in [0.25, 0.3) is 0 Å². The highest BCUT2D eigenvalue weighted by molar-refractivity contribution is 5.65. The fourth-order valence-electron chi connectivity index (χ4n) is 2.37. The Morgan fingerprint density at radius 2 is 1.71 bits per heavy atom. The zero-order valence-corrected chi connectivity index (χ0v) is 11.9. The van der Waals surface area contributed by atoms with Gasteiger partial charge in [0.2, 0.25) is 0 Å². The maximum Gasteiger partial charge on any atom is 0.123 e. The first kappa shape index (κ1) is 14.0. The third-order valence-electron chi connectivity index (χ3n) is 3.78. The lowest BCUT2D eigenvalue weighted by atomic mass is 10.1. The molecular weight excluding hydrogens is 270 g/mol. The Bertz CT molecular complexity index is 621. The van der Waals surface area contributed by atoms with Gasteiger partial charge in [-0.05, 0) is 60.9 Å². The predicted molar refractivity (Wildman–Crippen MR) is 80.7 cm³/mol. The lowest BCUT2D eigenvalue weighted by molar-refractivity contribution is 0.619. The number of rotatable bonds is 5. The van der Waals surface area contributed by atoms with Gasteiger partial charge in [-0.15, -0.1) is 0 Å². The third-order valence-corrected chi connectivity index (χ3v) is 3.78. The van der Waals surface area contributed by atoms with Crippen LogP contribution in [0.4, 0.5) is 20.2 Å². The molecule has 1 N–H and O–H groups in total. The molecule has 3 rings (SSSR count). The second kappa shape index (κ2) is 5.82. The smallest absolute Gasteiger partial charge is 0.123 e. The lowest BCUT2D eigenvalue weighted by Crippen LogP contribution is -2.19. The summed E-state index contributed by atoms with van der Waals surface area (Å²) in [6, 6.07) is 11.6. The van der Waals surface area contributed by atoms with Gasteiger partial charge in [0.05, 0.1) is 0 Å². The van der Waals surface area contributed by atoms with Crippen LogP contribution in [-0.4, -0.2) is 13.1 Å². The van der Waals surface area contributed by atoms with Gasteiger partial charge < -0.3 is 10.2 Å². The minimum absolute atomic E-state index is 0.237. The summed E-state index contributed by atoms with van der Waals surface area (Å²) in [4.78, 5) is 1.95. The first-order chi connectivity index (χ1) is 10.1. The van der Waals surface area contributed by atoms with Crippen LogP contribution in [-0.2, 0) is 6.54 Å². The van der Waals surface area contributed by atoms with Crippen molar-refractivity contribution in [3.05, 3.63) is 59.7 Å². The molecule has 1 fully saturated rings. The zero-order valence-electron chi connectivity index (χ0n) is 11.9. The lowest BCUT2D eigenvalue weighted by Gasteiger charge is -2.23. The second-order valence-corrected chi connectivity index (χ2v) is 5.46. The topological polar surface area (TPSA) is 15.3 Å². The summed E-state index contributed by atoms with van der Waals surface area (Å²) in [6.07, 6.45) is 2.39. The molecule has 1 saturated carbocycles. The van der Waals surface area contributed by atoms with Crippen molar-refractivity contribution in [1.82, 2.24) is 5.32 Å². The van der Waals surface area contributed by atoms with Crippen molar-refractivity contribution in [3.8, 4) is 0 Å². The molecule has 21 heavy (non-hydrogen) atoms. The van der Waals surface area contributed by atoms with Crippen LogP contribution in [0.3, 0.4) is 0 Å². The molecule has 2 aromatic rings. The van der Waals surface area contributed by atoms with Crippen molar-refractivity contribution in [2.75, 3.05) is 11.9 Å². The molecule has 0 aliphatic heterocycles. The number of hydrogen-bond acceptors (Lipinski definition) is 2. The van der Waals surface area contributed by atoms with Crippen LogP contribution in [0.5, 0.6) is 0 Å². The largest absolute Gasteiger partial charge is 0.344 e. The minimum Gasteiger partial charge on any atom is -0.344 e. The van der Waals surface area contributed by atoms with E-state index in [2.05, 4.69) is 5.32 Å². The van der Waals surface area contributed by atoms with E-state index in [0.29, 0.717) is 12.6 Å². The van der Waals surface area contributed by atoms with Gasteiger partial charge in [0.1, 0.15) is 11.6 Å². The molecule has 110 valence electrons. The molecule has 0 bridgehead atoms. The molecule has 0 unspecified atom stereocenters. The molecule has 0 radical (unpaired) electrons. The van der Waals surface area contributed by atoms with Crippen LogP contribution >= 0.6 is 0 Å². The van der Waals surface area contributed by atoms with E-state index in [1.807, 2.05) is 11.9 Å². The molecule has 2 aromatic carbocycles. The van der Waals surface area contributed by atoms with E-state index in [1.54, 1.807) is 24.3 Å². The minimum atomic E-state index is -0.262. The van der Waals surface area contributed by atoms with Crippen molar-refractivity contribution < 1.29 is 8.78 Å². The summed E-state index contributed by atoms with van der Waals surface area (Å²) in [7, 11) is 1.90. The van der Waals surface area contributed by atoms with E-state index >= 15 is 0 Å². The number of benzene rings is 2. The summed E-state index contributed by atoms with van der Waals surface area (Å²) >= 11 is 0. The summed E-state index contributed by atoms with van der Waals surface area (Å²) in [5, 5.41) is 3.40. The fraction of sp³-hybridized carbons (Fsp3) is 0.294. The number of nitrogens with zero attached hydrogens (tertiary/aromatic N) is 1. The van der Waals surface area contributed by atoms with E-state index in [4.69, 9.17) is 0 Å². The van der Waals surface area contributed by atoms with Crippen LogP contribution in [0.25, 0.3) is 0 Å². The van der Waals surface area contributed by atoms with E-state index in [0.717, 1.165) is 16.9 Å². The molecule has 0 amide bonds. The standard InChI is InChI=1S/C17H18F2N2/c1-21(16-7-2-13(18)3-8-16)17-9-4-14(19)10-12(17)11-20-15-5-6-15/h2-4,7-10,15,20H,5-6,11H2,1H3. The van der Waals surface area contributed by atoms with Crippen LogP contribution in [0.2, 0.25) is 0 Å². The number of nitrogens with one attached hydrogen (secondary N) is 1. The first-order valence-corrected chi connectivity index (χ1v) is 7.14. The maximum absolute atomic E-state index is 13.5. The normalized spacial score (nSPS) is 14.2. The first-order valence-electron chi connectivity index (χ1n) is 7.14. The quantitative estimate of drug-likeness (QED) is 0.895. The molecule has 0 aromatic heterocycles. The van der Waals surface area contributed by atoms with Crippen LogP contribution < -0.4 is 10.2 Å². The highest BCUT2D eigenvalue weighted by atomic mass is 19.1. The van der Waals surface area contributed by atoms with Gasteiger partial charge in [-0.25, -0.2) is 8.78 Å². The second-order valence-electron chi connectivity index (χ2n) is 5.46. The van der Waals surface area contributed by atoms with E-state index in [-0.39, 0.29) is 11.6 Å². The van der Waals surface area contributed by atoms with Crippen molar-refractivity contribution in [1.29, 1.82) is 0 Å². The van der Waals surface area contributed by atoms with Gasteiger partial charge in [0.15, 0.2) is 0 Å². The molecule has 2 nitrogen and oxygen atoms in total. The molecule has 1 aliphatic rings. The average Bonchev–Trinajstić information content (AvgIpc) is 3.29. The van der Waals surface area contributed by atoms with Crippen LogP contribution in [0.1, 0.15) is 18.4 Å². The van der Waals surface area contributed by atoms with Gasteiger partial charge in [-0.2, -0.15) is 0 Å². The number of halogens is 2. The Morgan fingerprint density at radius 3 is 2.38 bits per heavy atom. The maximum atomic E-state index is 13.5. The van der Waals surface area contributed by atoms with E-state index in [9.17, 15) is 8.78 Å². The van der Waals surface area contributed by atoms with Gasteiger partial charge in [0, 0.05) is 31.0 Å². The molecule has 4 heteroatoms. The molecule has 0 atom stereocenters. The van der Waals surface area contributed by atoms with Gasteiger partial charge >= 0.3 is 0 Å². The van der Waals surface area contributed by atoms with E-state index in [1.165, 1.54) is 31.0 Å². The monoisotopic (exact) mass is 288 g/mol. The van der Waals surface area contributed by atoms with Crippen molar-refractivity contribution in [3.63, 3.8) is 0 Å². The van der Waals surface area contributed by atoms with Crippen molar-refractivity contribution in [2.45, 2.75) is 25.4 Å². The number of anilines is 2. The summed E-state index contributed by atoms with van der Waals surface area (Å²) in [6.45, 7) is 0.642. The van der Waals surface area contributed by atoms with E-state index < -0.39 is 0 Å². The molecule has 0 spiro atoms. The predicted octanol–water partition coefficient (Wildman–Crippen LogP) is 3.98. The molecule has 0 saturated heterocycles. The Kier molecular flexibility index (Phi) is 3.88. The Labute approximate surface area is 123 Å².